The molecule has 0 aliphatic carbocycles. The van der Waals surface area contributed by atoms with Gasteiger partial charge in [-0.3, -0.25) is 0 Å². The second-order valence-electron chi connectivity index (χ2n) is 4.15. The van der Waals surface area contributed by atoms with Crippen LogP contribution in [0.5, 0.6) is 0 Å². The zero-order valence-electron chi connectivity index (χ0n) is 9.06. The molecule has 1 fully saturated rings. The van der Waals surface area contributed by atoms with E-state index in [0.29, 0.717) is 12.8 Å². The molecule has 1 aliphatic heterocycles. The van der Waals surface area contributed by atoms with Crippen LogP contribution in [0.4, 0.5) is 0 Å². The van der Waals surface area contributed by atoms with E-state index >= 15 is 0 Å². The summed E-state index contributed by atoms with van der Waals surface area (Å²) in [5.74, 6) is 0.00157. The number of hydrogen-bond acceptors (Lipinski definition) is 3. The Labute approximate surface area is 91.5 Å². The molecular weight excluding hydrogens is 214 g/mol. The zero-order valence-corrected chi connectivity index (χ0v) is 9.87. The minimum absolute atomic E-state index is 0.00157. The van der Waals surface area contributed by atoms with Crippen molar-refractivity contribution in [1.29, 1.82) is 0 Å². The maximum absolute atomic E-state index is 11.4. The maximum Gasteiger partial charge on any atom is 0.212 e. The topological polar surface area (TPSA) is 69.4 Å². The van der Waals surface area contributed by atoms with Gasteiger partial charge in [0, 0.05) is 6.61 Å². The van der Waals surface area contributed by atoms with Gasteiger partial charge in [0.1, 0.15) is 0 Å². The van der Waals surface area contributed by atoms with Crippen LogP contribution in [0.2, 0.25) is 0 Å². The first kappa shape index (κ1) is 12.7. The smallest absolute Gasteiger partial charge is 0.212 e. The Kier molecular flexibility index (Phi) is 4.31. The van der Waals surface area contributed by atoms with Gasteiger partial charge in [0.2, 0.25) is 10.0 Å². The molecule has 1 aliphatic rings. The Morgan fingerprint density at radius 3 is 2.60 bits per heavy atom. The minimum Gasteiger partial charge on any atom is -0.378 e. The molecule has 0 spiro atoms. The Hall–Kier alpha value is -0.390. The molecule has 0 saturated carbocycles. The molecule has 1 heterocycles. The van der Waals surface area contributed by atoms with Gasteiger partial charge >= 0.3 is 0 Å². The number of primary sulfonamides is 1. The average molecular weight is 233 g/mol. The first-order valence-corrected chi connectivity index (χ1v) is 6.80. The number of rotatable bonds is 6. The van der Waals surface area contributed by atoms with Crippen LogP contribution in [0.25, 0.3) is 0 Å². The Bertz CT molecular complexity index is 309. The fraction of sp³-hybridized carbons (Fsp3) is 0.800. The molecule has 0 aromatic carbocycles. The molecule has 0 unspecified atom stereocenters. The summed E-state index contributed by atoms with van der Waals surface area (Å²) in [6.45, 7) is 6.23. The minimum atomic E-state index is -3.49. The third kappa shape index (κ3) is 3.59. The number of allylic oxidation sites excluding steroid dienone is 1. The van der Waals surface area contributed by atoms with Gasteiger partial charge in [-0.25, -0.2) is 13.6 Å². The third-order valence-electron chi connectivity index (χ3n) is 2.88. The van der Waals surface area contributed by atoms with Gasteiger partial charge < -0.3 is 4.74 Å². The SMILES string of the molecule is C=CC[C@H](C)[C@H](C[C@H]1CCO1)S(N)(=O)=O. The predicted molar refractivity (Wildman–Crippen MR) is 59.8 cm³/mol. The van der Waals surface area contributed by atoms with E-state index in [0.717, 1.165) is 13.0 Å². The molecule has 2 N–H and O–H groups in total. The quantitative estimate of drug-likeness (QED) is 0.697. The molecule has 0 aromatic rings. The molecular formula is C10H19NO3S. The van der Waals surface area contributed by atoms with Gasteiger partial charge in [0.15, 0.2) is 0 Å². The number of ether oxygens (including phenoxy) is 1. The zero-order chi connectivity index (χ0) is 11.5. The molecule has 0 bridgehead atoms. The van der Waals surface area contributed by atoms with E-state index in [1.807, 2.05) is 6.92 Å². The van der Waals surface area contributed by atoms with E-state index in [1.165, 1.54) is 0 Å². The van der Waals surface area contributed by atoms with E-state index in [-0.39, 0.29) is 12.0 Å². The highest BCUT2D eigenvalue weighted by Gasteiger charge is 2.32. The van der Waals surface area contributed by atoms with E-state index in [1.54, 1.807) is 6.08 Å². The Morgan fingerprint density at radius 2 is 2.27 bits per heavy atom. The van der Waals surface area contributed by atoms with Gasteiger partial charge in [-0.15, -0.1) is 6.58 Å². The summed E-state index contributed by atoms with van der Waals surface area (Å²) in [6, 6.07) is 0. The van der Waals surface area contributed by atoms with Crippen molar-refractivity contribution in [3.63, 3.8) is 0 Å². The van der Waals surface area contributed by atoms with Gasteiger partial charge in [0.25, 0.3) is 0 Å². The van der Waals surface area contributed by atoms with Crippen LogP contribution in [0.15, 0.2) is 12.7 Å². The number of hydrogen-bond donors (Lipinski definition) is 1. The molecule has 1 rings (SSSR count). The molecule has 88 valence electrons. The van der Waals surface area contributed by atoms with Crippen molar-refractivity contribution in [3.05, 3.63) is 12.7 Å². The van der Waals surface area contributed by atoms with Crippen molar-refractivity contribution in [1.82, 2.24) is 0 Å². The summed E-state index contributed by atoms with van der Waals surface area (Å²) in [5.41, 5.74) is 0. The standard InChI is InChI=1S/C10H19NO3S/c1-3-4-8(2)10(15(11,12)13)7-9-5-6-14-9/h3,8-10H,1,4-7H2,2H3,(H2,11,12,13)/t8-,9+,10-/m0/s1. The Morgan fingerprint density at radius 1 is 1.67 bits per heavy atom. The van der Waals surface area contributed by atoms with Crippen LogP contribution < -0.4 is 5.14 Å². The summed E-state index contributed by atoms with van der Waals surface area (Å²) in [5, 5.41) is 4.71. The highest BCUT2D eigenvalue weighted by molar-refractivity contribution is 7.89. The molecule has 3 atom stereocenters. The van der Waals surface area contributed by atoms with Crippen LogP contribution in [-0.4, -0.2) is 26.4 Å². The van der Waals surface area contributed by atoms with Crippen molar-refractivity contribution in [3.8, 4) is 0 Å². The summed E-state index contributed by atoms with van der Waals surface area (Å²) < 4.78 is 28.1. The van der Waals surface area contributed by atoms with Crippen molar-refractivity contribution < 1.29 is 13.2 Å². The first-order chi connectivity index (χ1) is 6.95. The largest absolute Gasteiger partial charge is 0.378 e. The van der Waals surface area contributed by atoms with Crippen LogP contribution in [0, 0.1) is 5.92 Å². The van der Waals surface area contributed by atoms with Gasteiger partial charge in [-0.2, -0.15) is 0 Å². The predicted octanol–water partition coefficient (Wildman–Crippen LogP) is 1.03. The summed E-state index contributed by atoms with van der Waals surface area (Å²) in [4.78, 5) is 0. The lowest BCUT2D eigenvalue weighted by Crippen LogP contribution is -2.40. The lowest BCUT2D eigenvalue weighted by molar-refractivity contribution is -0.0563. The van der Waals surface area contributed by atoms with Crippen LogP contribution >= 0.6 is 0 Å². The lowest BCUT2D eigenvalue weighted by Gasteiger charge is -2.31. The third-order valence-corrected chi connectivity index (χ3v) is 4.38. The highest BCUT2D eigenvalue weighted by atomic mass is 32.2. The van der Waals surface area contributed by atoms with Gasteiger partial charge in [-0.1, -0.05) is 13.0 Å². The van der Waals surface area contributed by atoms with E-state index in [4.69, 9.17) is 9.88 Å². The van der Waals surface area contributed by atoms with E-state index in [9.17, 15) is 8.42 Å². The first-order valence-electron chi connectivity index (χ1n) is 5.19. The van der Waals surface area contributed by atoms with Crippen molar-refractivity contribution in [2.45, 2.75) is 37.5 Å². The van der Waals surface area contributed by atoms with Crippen LogP contribution in [-0.2, 0) is 14.8 Å². The van der Waals surface area contributed by atoms with Gasteiger partial charge in [-0.05, 0) is 25.2 Å². The van der Waals surface area contributed by atoms with Crippen LogP contribution in [0.1, 0.15) is 26.2 Å². The van der Waals surface area contributed by atoms with Crippen molar-refractivity contribution in [2.24, 2.45) is 11.1 Å². The molecule has 5 heteroatoms. The second-order valence-corrected chi connectivity index (χ2v) is 5.93. The number of sulfonamides is 1. The van der Waals surface area contributed by atoms with Crippen LogP contribution in [0.3, 0.4) is 0 Å². The molecule has 4 nitrogen and oxygen atoms in total. The lowest BCUT2D eigenvalue weighted by atomic mass is 9.96. The summed E-state index contributed by atoms with van der Waals surface area (Å²) in [6.07, 6.45) is 3.90. The molecule has 1 saturated heterocycles. The molecule has 0 aromatic heterocycles. The average Bonchev–Trinajstić information content (AvgIpc) is 1.99. The second kappa shape index (κ2) is 5.09. The monoisotopic (exact) mass is 233 g/mol. The number of nitrogens with two attached hydrogens (primary N) is 1. The molecule has 0 amide bonds. The van der Waals surface area contributed by atoms with Crippen molar-refractivity contribution >= 4 is 10.0 Å². The molecule has 0 radical (unpaired) electrons. The fourth-order valence-electron chi connectivity index (χ4n) is 1.83. The molecule has 15 heavy (non-hydrogen) atoms. The van der Waals surface area contributed by atoms with E-state index < -0.39 is 15.3 Å². The van der Waals surface area contributed by atoms with Crippen molar-refractivity contribution in [2.75, 3.05) is 6.61 Å². The normalized spacial score (nSPS) is 25.3. The Balaban J connectivity index is 2.63. The summed E-state index contributed by atoms with van der Waals surface area (Å²) in [7, 11) is -3.49. The van der Waals surface area contributed by atoms with E-state index in [2.05, 4.69) is 6.58 Å². The highest BCUT2D eigenvalue weighted by Crippen LogP contribution is 2.25. The fourth-order valence-corrected chi connectivity index (χ4v) is 3.08. The maximum atomic E-state index is 11.4. The summed E-state index contributed by atoms with van der Waals surface area (Å²) >= 11 is 0. The van der Waals surface area contributed by atoms with Gasteiger partial charge in [0.05, 0.1) is 11.4 Å².